The van der Waals surface area contributed by atoms with Crippen LogP contribution >= 0.6 is 0 Å². The lowest BCUT2D eigenvalue weighted by Crippen LogP contribution is -2.43. The molecule has 2 atom stereocenters. The number of fused-ring (bicyclic) bond motifs is 1. The molecule has 4 rings (SSSR count). The summed E-state index contributed by atoms with van der Waals surface area (Å²) in [6, 6.07) is 2.29. The smallest absolute Gasteiger partial charge is 0.420 e. The molecule has 2 aromatic heterocycles. The lowest BCUT2D eigenvalue weighted by molar-refractivity contribution is -0.137. The lowest BCUT2D eigenvalue weighted by Gasteiger charge is -2.28. The zero-order chi connectivity index (χ0) is 26.3. The summed E-state index contributed by atoms with van der Waals surface area (Å²) in [5.74, 6) is -0.0753. The highest BCUT2D eigenvalue weighted by Gasteiger charge is 2.39. The number of halogens is 6. The highest BCUT2D eigenvalue weighted by Crippen LogP contribution is 2.44. The molecular weight excluding hydrogens is 494 g/mol. The molecule has 0 bridgehead atoms. The third-order valence-electron chi connectivity index (χ3n) is 5.91. The second kappa shape index (κ2) is 9.48. The van der Waals surface area contributed by atoms with Crippen LogP contribution in [0.3, 0.4) is 0 Å². The quantitative estimate of drug-likeness (QED) is 0.347. The van der Waals surface area contributed by atoms with Gasteiger partial charge in [0, 0.05) is 42.0 Å². The molecule has 3 heterocycles. The van der Waals surface area contributed by atoms with Crippen molar-refractivity contribution in [3.63, 3.8) is 0 Å². The number of benzene rings is 1. The number of amides is 1. The largest absolute Gasteiger partial charge is 0.453 e. The minimum absolute atomic E-state index is 0.0753. The summed E-state index contributed by atoms with van der Waals surface area (Å²) in [7, 11) is 0.983. The van der Waals surface area contributed by atoms with Crippen molar-refractivity contribution < 1.29 is 35.9 Å². The van der Waals surface area contributed by atoms with Crippen LogP contribution in [0.25, 0.3) is 22.2 Å². The molecule has 14 heteroatoms. The molecule has 1 fully saturated rings. The van der Waals surface area contributed by atoms with E-state index in [0.29, 0.717) is 18.8 Å². The second-order valence-corrected chi connectivity index (χ2v) is 8.41. The van der Waals surface area contributed by atoms with Gasteiger partial charge >= 0.3 is 18.4 Å². The average molecular weight is 516 g/mol. The Kier molecular flexibility index (Phi) is 6.73. The Hall–Kier alpha value is -3.55. The van der Waals surface area contributed by atoms with Crippen LogP contribution in [0.5, 0.6) is 0 Å². The number of ether oxygens (including phenoxy) is 1. The summed E-state index contributed by atoms with van der Waals surface area (Å²) in [4.78, 5) is 21.8. The minimum Gasteiger partial charge on any atom is -0.453 e. The molecule has 194 valence electrons. The van der Waals surface area contributed by atoms with Crippen LogP contribution in [0.1, 0.15) is 30.9 Å². The third kappa shape index (κ3) is 5.17. The summed E-state index contributed by atoms with van der Waals surface area (Å²) < 4.78 is 87.6. The molecule has 1 saturated heterocycles. The Morgan fingerprint density at radius 1 is 1.14 bits per heavy atom. The van der Waals surface area contributed by atoms with Gasteiger partial charge in [-0.25, -0.2) is 14.8 Å². The highest BCUT2D eigenvalue weighted by molar-refractivity contribution is 6.01. The fraction of sp³-hybridized carbons (Fsp3) is 0.409. The number of methoxy groups -OCH3 is 1. The molecular formula is C22H22F6N6O2. The van der Waals surface area contributed by atoms with Crippen LogP contribution in [0.4, 0.5) is 42.8 Å². The van der Waals surface area contributed by atoms with Gasteiger partial charge in [0.1, 0.15) is 11.1 Å². The number of hydrogen-bond donors (Lipinski definition) is 4. The van der Waals surface area contributed by atoms with Crippen LogP contribution in [0.15, 0.2) is 24.5 Å². The molecule has 0 radical (unpaired) electrons. The highest BCUT2D eigenvalue weighted by atomic mass is 19.4. The van der Waals surface area contributed by atoms with Crippen molar-refractivity contribution in [3.8, 4) is 11.3 Å². The maximum absolute atomic E-state index is 13.9. The number of nitrogens with one attached hydrogen (secondary N) is 4. The molecule has 8 nitrogen and oxygen atoms in total. The molecule has 36 heavy (non-hydrogen) atoms. The van der Waals surface area contributed by atoms with E-state index < -0.39 is 46.5 Å². The van der Waals surface area contributed by atoms with Crippen molar-refractivity contribution in [2.75, 3.05) is 24.3 Å². The normalized spacial score (nSPS) is 18.8. The third-order valence-corrected chi connectivity index (χ3v) is 5.91. The summed E-state index contributed by atoms with van der Waals surface area (Å²) in [5, 5.41) is 8.06. The Labute approximate surface area is 200 Å². The summed E-state index contributed by atoms with van der Waals surface area (Å²) in [5.41, 5.74) is -4.37. The first kappa shape index (κ1) is 25.5. The summed E-state index contributed by atoms with van der Waals surface area (Å²) in [6.07, 6.45) is -7.73. The van der Waals surface area contributed by atoms with Crippen LogP contribution < -0.4 is 16.0 Å². The number of hydrogen-bond acceptors (Lipinski definition) is 6. The Balaban J connectivity index is 1.83. The molecule has 0 unspecified atom stereocenters. The van der Waals surface area contributed by atoms with Gasteiger partial charge in [-0.15, -0.1) is 0 Å². The number of aromatic nitrogens is 3. The number of nitrogens with zero attached hydrogens (tertiary/aromatic N) is 2. The van der Waals surface area contributed by atoms with Gasteiger partial charge in [0.25, 0.3) is 0 Å². The van der Waals surface area contributed by atoms with Crippen molar-refractivity contribution in [1.82, 2.24) is 20.3 Å². The molecule has 0 aliphatic carbocycles. The fourth-order valence-electron chi connectivity index (χ4n) is 4.12. The number of carbonyl (C=O) groups excluding carboxylic acids is 1. The first-order valence-corrected chi connectivity index (χ1v) is 10.9. The van der Waals surface area contributed by atoms with Crippen molar-refractivity contribution in [1.29, 1.82) is 0 Å². The molecule has 4 N–H and O–H groups in total. The fourth-order valence-corrected chi connectivity index (χ4v) is 4.12. The number of carbonyl (C=O) groups is 1. The Bertz CT molecular complexity index is 1260. The number of anilines is 2. The van der Waals surface area contributed by atoms with Crippen molar-refractivity contribution in [2.24, 2.45) is 0 Å². The van der Waals surface area contributed by atoms with Gasteiger partial charge in [0.15, 0.2) is 0 Å². The van der Waals surface area contributed by atoms with Gasteiger partial charge in [0.05, 0.1) is 24.0 Å². The minimum atomic E-state index is -4.95. The predicted molar refractivity (Wildman–Crippen MR) is 119 cm³/mol. The van der Waals surface area contributed by atoms with Crippen molar-refractivity contribution in [3.05, 3.63) is 35.7 Å². The predicted octanol–water partition coefficient (Wildman–Crippen LogP) is 5.39. The van der Waals surface area contributed by atoms with E-state index in [1.807, 2.05) is 12.2 Å². The van der Waals surface area contributed by atoms with Crippen LogP contribution in [0, 0.1) is 0 Å². The van der Waals surface area contributed by atoms with Gasteiger partial charge in [-0.05, 0) is 25.8 Å². The van der Waals surface area contributed by atoms with Crippen LogP contribution in [0.2, 0.25) is 0 Å². The van der Waals surface area contributed by atoms with E-state index in [1.165, 1.54) is 6.07 Å². The van der Waals surface area contributed by atoms with E-state index in [9.17, 15) is 31.1 Å². The zero-order valence-electron chi connectivity index (χ0n) is 19.1. The molecule has 0 saturated carbocycles. The van der Waals surface area contributed by atoms with Crippen molar-refractivity contribution in [2.45, 2.75) is 44.2 Å². The van der Waals surface area contributed by atoms with E-state index in [4.69, 9.17) is 0 Å². The van der Waals surface area contributed by atoms with Gasteiger partial charge < -0.3 is 20.4 Å². The zero-order valence-corrected chi connectivity index (χ0v) is 19.1. The van der Waals surface area contributed by atoms with Gasteiger partial charge in [-0.3, -0.25) is 5.32 Å². The molecule has 0 spiro atoms. The van der Waals surface area contributed by atoms with Gasteiger partial charge in [-0.1, -0.05) is 6.07 Å². The number of piperidine rings is 1. The number of H-pyrrole nitrogens is 1. The number of alkyl halides is 6. The summed E-state index contributed by atoms with van der Waals surface area (Å²) >= 11 is 0. The number of rotatable bonds is 4. The maximum Gasteiger partial charge on any atom is 0.420 e. The Morgan fingerprint density at radius 2 is 1.89 bits per heavy atom. The van der Waals surface area contributed by atoms with Gasteiger partial charge in [-0.2, -0.15) is 26.3 Å². The molecule has 1 aromatic carbocycles. The molecule has 1 aliphatic rings. The van der Waals surface area contributed by atoms with Gasteiger partial charge in [0.2, 0.25) is 5.95 Å². The summed E-state index contributed by atoms with van der Waals surface area (Å²) in [6.45, 7) is 2.57. The van der Waals surface area contributed by atoms with E-state index >= 15 is 0 Å². The number of aromatic amines is 1. The maximum atomic E-state index is 13.9. The van der Waals surface area contributed by atoms with E-state index in [1.54, 1.807) is 0 Å². The standard InChI is InChI=1S/C22H22F6N6O2/c1-10-3-4-11(7-29-10)32-19-31-9-14(21(23,24)25)17(34-19)13-8-30-18-12(13)5-6-15(33-20(35)36-2)16(18)22(26,27)28/h5-6,8-11,29-30H,3-4,7H2,1-2H3,(H,33,35)(H,31,32,34)/t10-,11+/m1/s1. The van der Waals surface area contributed by atoms with E-state index in [-0.39, 0.29) is 22.9 Å². The van der Waals surface area contributed by atoms with E-state index in [2.05, 4.69) is 30.3 Å². The topological polar surface area (TPSA) is 104 Å². The second-order valence-electron chi connectivity index (χ2n) is 8.41. The molecule has 1 amide bonds. The first-order valence-electron chi connectivity index (χ1n) is 10.9. The first-order chi connectivity index (χ1) is 16.9. The Morgan fingerprint density at radius 3 is 2.50 bits per heavy atom. The SMILES string of the molecule is COC(=O)Nc1ccc2c(-c3nc(N[C@H]4CC[C@@H](C)NC4)ncc3C(F)(F)F)c[nH]c2c1C(F)(F)F. The van der Waals surface area contributed by atoms with Crippen molar-refractivity contribution >= 4 is 28.6 Å². The van der Waals surface area contributed by atoms with Crippen LogP contribution in [-0.2, 0) is 17.1 Å². The molecule has 1 aliphatic heterocycles. The average Bonchev–Trinajstić information content (AvgIpc) is 3.22. The van der Waals surface area contributed by atoms with E-state index in [0.717, 1.165) is 32.2 Å². The lowest BCUT2D eigenvalue weighted by atomic mass is 10.0. The monoisotopic (exact) mass is 516 g/mol. The van der Waals surface area contributed by atoms with Crippen LogP contribution in [-0.4, -0.2) is 46.8 Å². The molecule has 3 aromatic rings.